The first kappa shape index (κ1) is 16.4. The van der Waals surface area contributed by atoms with E-state index in [0.717, 1.165) is 43.0 Å². The molecule has 1 aliphatic heterocycles. The molecule has 1 aromatic heterocycles. The SMILES string of the molecule is Cc1cc(C)cc(-n2nc(C#N)c(N3CCN(CCO)CC3)n2)c1. The molecule has 2 aromatic rings. The maximum Gasteiger partial charge on any atom is 0.207 e. The van der Waals surface area contributed by atoms with Crippen LogP contribution in [-0.4, -0.2) is 64.3 Å². The Morgan fingerprint density at radius 3 is 2.33 bits per heavy atom. The number of β-amino-alcohol motifs (C(OH)–C–C–N with tert-alkyl or cyclic N) is 1. The Kier molecular flexibility index (Phi) is 4.79. The Morgan fingerprint density at radius 1 is 1.08 bits per heavy atom. The first-order valence-electron chi connectivity index (χ1n) is 8.15. The lowest BCUT2D eigenvalue weighted by Crippen LogP contribution is -2.47. The fourth-order valence-electron chi connectivity index (χ4n) is 3.09. The minimum atomic E-state index is 0.173. The van der Waals surface area contributed by atoms with Gasteiger partial charge < -0.3 is 10.0 Å². The van der Waals surface area contributed by atoms with E-state index in [1.807, 2.05) is 26.0 Å². The van der Waals surface area contributed by atoms with Crippen molar-refractivity contribution in [2.75, 3.05) is 44.2 Å². The van der Waals surface area contributed by atoms with E-state index in [4.69, 9.17) is 5.11 Å². The van der Waals surface area contributed by atoms with Gasteiger partial charge in [0.15, 0.2) is 5.82 Å². The molecule has 1 fully saturated rings. The average molecular weight is 326 g/mol. The van der Waals surface area contributed by atoms with Crippen LogP contribution in [0.2, 0.25) is 0 Å². The van der Waals surface area contributed by atoms with Crippen LogP contribution in [0.3, 0.4) is 0 Å². The topological polar surface area (TPSA) is 81.2 Å². The van der Waals surface area contributed by atoms with Crippen molar-refractivity contribution in [1.29, 1.82) is 5.26 Å². The molecule has 126 valence electrons. The molecule has 7 heteroatoms. The molecule has 1 saturated heterocycles. The van der Waals surface area contributed by atoms with E-state index in [1.54, 1.807) is 4.80 Å². The Bertz CT molecular complexity index is 735. The van der Waals surface area contributed by atoms with Crippen molar-refractivity contribution in [3.63, 3.8) is 0 Å². The van der Waals surface area contributed by atoms with Crippen LogP contribution in [-0.2, 0) is 0 Å². The lowest BCUT2D eigenvalue weighted by atomic mass is 10.1. The highest BCUT2D eigenvalue weighted by Crippen LogP contribution is 2.20. The third-order valence-corrected chi connectivity index (χ3v) is 4.23. The van der Waals surface area contributed by atoms with Crippen LogP contribution in [0.5, 0.6) is 0 Å². The summed E-state index contributed by atoms with van der Waals surface area (Å²) < 4.78 is 0. The fraction of sp³-hybridized carbons (Fsp3) is 0.471. The molecule has 3 rings (SSSR count). The number of anilines is 1. The van der Waals surface area contributed by atoms with Crippen LogP contribution in [0, 0.1) is 25.2 Å². The maximum atomic E-state index is 9.42. The summed E-state index contributed by atoms with van der Waals surface area (Å²) in [6.07, 6.45) is 0. The first-order valence-corrected chi connectivity index (χ1v) is 8.15. The molecule has 0 spiro atoms. The zero-order valence-corrected chi connectivity index (χ0v) is 14.1. The summed E-state index contributed by atoms with van der Waals surface area (Å²) in [6, 6.07) is 8.28. The summed E-state index contributed by atoms with van der Waals surface area (Å²) in [4.78, 5) is 5.85. The summed E-state index contributed by atoms with van der Waals surface area (Å²) >= 11 is 0. The molecule has 1 N–H and O–H groups in total. The lowest BCUT2D eigenvalue weighted by Gasteiger charge is -2.34. The van der Waals surface area contributed by atoms with E-state index in [2.05, 4.69) is 32.1 Å². The number of piperazine rings is 1. The zero-order chi connectivity index (χ0) is 17.1. The number of hydrogen-bond donors (Lipinski definition) is 1. The van der Waals surface area contributed by atoms with Gasteiger partial charge in [-0.25, -0.2) is 0 Å². The van der Waals surface area contributed by atoms with Crippen molar-refractivity contribution in [2.24, 2.45) is 0 Å². The highest BCUT2D eigenvalue weighted by atomic mass is 16.3. The summed E-state index contributed by atoms with van der Waals surface area (Å²) in [5, 5.41) is 27.4. The number of hydrogen-bond acceptors (Lipinski definition) is 6. The second-order valence-electron chi connectivity index (χ2n) is 6.17. The van der Waals surface area contributed by atoms with Crippen molar-refractivity contribution in [1.82, 2.24) is 19.9 Å². The Labute approximate surface area is 141 Å². The number of nitrogens with zero attached hydrogens (tertiary/aromatic N) is 6. The quantitative estimate of drug-likeness (QED) is 0.898. The van der Waals surface area contributed by atoms with Crippen molar-refractivity contribution in [3.05, 3.63) is 35.0 Å². The third kappa shape index (κ3) is 3.40. The van der Waals surface area contributed by atoms with Gasteiger partial charge in [0.1, 0.15) is 6.07 Å². The molecule has 2 heterocycles. The Morgan fingerprint density at radius 2 is 1.75 bits per heavy atom. The van der Waals surface area contributed by atoms with Crippen molar-refractivity contribution >= 4 is 5.82 Å². The van der Waals surface area contributed by atoms with Gasteiger partial charge in [-0.2, -0.15) is 5.26 Å². The van der Waals surface area contributed by atoms with E-state index < -0.39 is 0 Å². The summed E-state index contributed by atoms with van der Waals surface area (Å²) in [5.41, 5.74) is 3.50. The summed E-state index contributed by atoms with van der Waals surface area (Å²) in [7, 11) is 0. The van der Waals surface area contributed by atoms with Gasteiger partial charge in [-0.15, -0.1) is 15.0 Å². The number of aryl methyl sites for hydroxylation is 2. The molecular formula is C17H22N6O. The minimum Gasteiger partial charge on any atom is -0.395 e. The van der Waals surface area contributed by atoms with Crippen LogP contribution in [0.4, 0.5) is 5.82 Å². The number of nitriles is 1. The molecule has 24 heavy (non-hydrogen) atoms. The summed E-state index contributed by atoms with van der Waals surface area (Å²) in [5.74, 6) is 0.639. The molecule has 0 saturated carbocycles. The summed E-state index contributed by atoms with van der Waals surface area (Å²) in [6.45, 7) is 8.18. The second kappa shape index (κ2) is 6.99. The molecular weight excluding hydrogens is 304 g/mol. The maximum absolute atomic E-state index is 9.42. The molecule has 0 unspecified atom stereocenters. The van der Waals surface area contributed by atoms with E-state index in [9.17, 15) is 5.26 Å². The lowest BCUT2D eigenvalue weighted by molar-refractivity contribution is 0.188. The number of aliphatic hydroxyl groups excluding tert-OH is 1. The Hall–Kier alpha value is -2.43. The molecule has 1 aliphatic rings. The monoisotopic (exact) mass is 326 g/mol. The van der Waals surface area contributed by atoms with Crippen LogP contribution in [0.1, 0.15) is 16.8 Å². The van der Waals surface area contributed by atoms with Gasteiger partial charge in [-0.1, -0.05) is 6.07 Å². The van der Waals surface area contributed by atoms with E-state index in [1.165, 1.54) is 0 Å². The van der Waals surface area contributed by atoms with Crippen LogP contribution < -0.4 is 4.90 Å². The van der Waals surface area contributed by atoms with Gasteiger partial charge in [-0.3, -0.25) is 4.90 Å². The van der Waals surface area contributed by atoms with Crippen molar-refractivity contribution in [3.8, 4) is 11.8 Å². The van der Waals surface area contributed by atoms with Gasteiger partial charge in [-0.05, 0) is 37.1 Å². The standard InChI is InChI=1S/C17H22N6O/c1-13-9-14(2)11-15(10-13)23-19-16(12-18)17(20-23)22-5-3-21(4-6-22)7-8-24/h9-11,24H,3-8H2,1-2H3. The Balaban J connectivity index is 1.85. The second-order valence-corrected chi connectivity index (χ2v) is 6.17. The third-order valence-electron chi connectivity index (χ3n) is 4.23. The molecule has 0 atom stereocenters. The smallest absolute Gasteiger partial charge is 0.207 e. The normalized spacial score (nSPS) is 15.5. The molecule has 1 aromatic carbocycles. The van der Waals surface area contributed by atoms with Gasteiger partial charge in [0.25, 0.3) is 0 Å². The molecule has 0 radical (unpaired) electrons. The molecule has 0 aliphatic carbocycles. The van der Waals surface area contributed by atoms with Gasteiger partial charge in [0.2, 0.25) is 5.69 Å². The number of aliphatic hydroxyl groups is 1. The highest BCUT2D eigenvalue weighted by Gasteiger charge is 2.23. The van der Waals surface area contributed by atoms with Crippen LogP contribution >= 0.6 is 0 Å². The molecule has 0 bridgehead atoms. The van der Waals surface area contributed by atoms with E-state index >= 15 is 0 Å². The highest BCUT2D eigenvalue weighted by molar-refractivity contribution is 5.51. The van der Waals surface area contributed by atoms with Crippen LogP contribution in [0.15, 0.2) is 18.2 Å². The fourth-order valence-corrected chi connectivity index (χ4v) is 3.09. The van der Waals surface area contributed by atoms with Crippen molar-refractivity contribution in [2.45, 2.75) is 13.8 Å². The number of benzene rings is 1. The van der Waals surface area contributed by atoms with Gasteiger partial charge >= 0.3 is 0 Å². The predicted molar refractivity (Wildman–Crippen MR) is 91.3 cm³/mol. The van der Waals surface area contributed by atoms with Gasteiger partial charge in [0, 0.05) is 32.7 Å². The van der Waals surface area contributed by atoms with E-state index in [0.29, 0.717) is 18.1 Å². The largest absolute Gasteiger partial charge is 0.395 e. The number of aromatic nitrogens is 3. The predicted octanol–water partition coefficient (Wildman–Crippen LogP) is 0.870. The molecule has 0 amide bonds. The van der Waals surface area contributed by atoms with Crippen molar-refractivity contribution < 1.29 is 5.11 Å². The van der Waals surface area contributed by atoms with E-state index in [-0.39, 0.29) is 6.61 Å². The molecule has 7 nitrogen and oxygen atoms in total. The van der Waals surface area contributed by atoms with Gasteiger partial charge in [0.05, 0.1) is 12.3 Å². The van der Waals surface area contributed by atoms with Crippen LogP contribution in [0.25, 0.3) is 5.69 Å². The minimum absolute atomic E-state index is 0.173. The zero-order valence-electron chi connectivity index (χ0n) is 14.1. The average Bonchev–Trinajstić information content (AvgIpc) is 2.99. The number of rotatable bonds is 4. The first-order chi connectivity index (χ1) is 11.6.